The van der Waals surface area contributed by atoms with Gasteiger partial charge in [-0.25, -0.2) is 5.84 Å². The highest BCUT2D eigenvalue weighted by Gasteiger charge is 2.18. The predicted molar refractivity (Wildman–Crippen MR) is 61.8 cm³/mol. The minimum Gasteiger partial charge on any atom is -0.379 e. The summed E-state index contributed by atoms with van der Waals surface area (Å²) in [4.78, 5) is 15.3. The van der Waals surface area contributed by atoms with Crippen LogP contribution in [0.15, 0.2) is 18.3 Å². The Kier molecular flexibility index (Phi) is 3.76. The van der Waals surface area contributed by atoms with Crippen LogP contribution in [0.2, 0.25) is 0 Å². The van der Waals surface area contributed by atoms with Crippen molar-refractivity contribution in [3.63, 3.8) is 0 Å². The van der Waals surface area contributed by atoms with E-state index < -0.39 is 0 Å². The summed E-state index contributed by atoms with van der Waals surface area (Å²) in [5, 5.41) is 0.591. The molecule has 1 amide bonds. The van der Waals surface area contributed by atoms with Gasteiger partial charge in [-0.3, -0.25) is 15.2 Å². The minimum atomic E-state index is -0.320. The zero-order chi connectivity index (χ0) is 11.4. The Bertz CT molecular complexity index is 365. The smallest absolute Gasteiger partial charge is 0.266 e. The average Bonchev–Trinajstić information content (AvgIpc) is 2.27. The van der Waals surface area contributed by atoms with E-state index in [2.05, 4.69) is 10.4 Å². The summed E-state index contributed by atoms with van der Waals surface area (Å²) in [5.74, 6) is 5.55. The number of nitrogens with zero attached hydrogens (tertiary/aromatic N) is 1. The average molecular weight is 239 g/mol. The summed E-state index contributed by atoms with van der Waals surface area (Å²) in [6.07, 6.45) is 1.54. The Hall–Kier alpha value is -1.11. The number of rotatable bonds is 4. The first-order valence-corrected chi connectivity index (χ1v) is 5.99. The van der Waals surface area contributed by atoms with E-state index in [0.717, 1.165) is 24.7 Å². The number of nitrogens with one attached hydrogen (secondary N) is 1. The summed E-state index contributed by atoms with van der Waals surface area (Å²) in [7, 11) is 0. The number of nitrogens with two attached hydrogens (primary N) is 1. The van der Waals surface area contributed by atoms with Gasteiger partial charge in [-0.15, -0.1) is 11.8 Å². The molecule has 5 nitrogen and oxygen atoms in total. The molecule has 2 heterocycles. The molecule has 0 spiro atoms. The lowest BCUT2D eigenvalue weighted by Gasteiger charge is -2.24. The number of carbonyl (C=O) groups is 1. The number of ether oxygens (including phenoxy) is 1. The van der Waals surface area contributed by atoms with Gasteiger partial charge in [0.1, 0.15) is 0 Å². The van der Waals surface area contributed by atoms with Gasteiger partial charge in [0.15, 0.2) is 0 Å². The molecule has 0 saturated carbocycles. The van der Waals surface area contributed by atoms with Crippen molar-refractivity contribution in [2.24, 2.45) is 5.84 Å². The number of hydrazine groups is 1. The number of nitrogen functional groups attached to an aromatic ring is 1. The summed E-state index contributed by atoms with van der Waals surface area (Å²) < 4.78 is 5.08. The van der Waals surface area contributed by atoms with E-state index in [-0.39, 0.29) is 5.91 Å². The molecule has 6 heteroatoms. The van der Waals surface area contributed by atoms with Gasteiger partial charge in [0.2, 0.25) is 0 Å². The number of hydrogen-bond donors (Lipinski definition) is 2. The zero-order valence-electron chi connectivity index (χ0n) is 8.68. The van der Waals surface area contributed by atoms with Gasteiger partial charge >= 0.3 is 0 Å². The highest BCUT2D eigenvalue weighted by atomic mass is 32.2. The molecule has 1 aliphatic heterocycles. The van der Waals surface area contributed by atoms with Crippen LogP contribution in [0.1, 0.15) is 16.1 Å². The summed E-state index contributed by atoms with van der Waals surface area (Å²) in [5.41, 5.74) is 3.51. The van der Waals surface area contributed by atoms with Crippen molar-refractivity contribution in [3.8, 4) is 0 Å². The number of amides is 1. The van der Waals surface area contributed by atoms with Crippen LogP contribution in [0.4, 0.5) is 0 Å². The predicted octanol–water partition coefficient (Wildman–Crippen LogP) is 0.317. The Balaban J connectivity index is 1.88. The van der Waals surface area contributed by atoms with Crippen molar-refractivity contribution in [1.82, 2.24) is 10.4 Å². The monoisotopic (exact) mass is 239 g/mol. The summed E-state index contributed by atoms with van der Waals surface area (Å²) in [6.45, 7) is 1.66. The maximum Gasteiger partial charge on any atom is 0.266 e. The van der Waals surface area contributed by atoms with Crippen molar-refractivity contribution in [3.05, 3.63) is 29.6 Å². The highest BCUT2D eigenvalue weighted by Crippen LogP contribution is 2.22. The Morgan fingerprint density at radius 3 is 2.94 bits per heavy atom. The minimum absolute atomic E-state index is 0.320. The van der Waals surface area contributed by atoms with Crippen molar-refractivity contribution < 1.29 is 9.53 Å². The van der Waals surface area contributed by atoms with Gasteiger partial charge in [-0.05, 0) is 12.1 Å². The van der Waals surface area contributed by atoms with Crippen LogP contribution >= 0.6 is 11.8 Å². The molecule has 0 radical (unpaired) electrons. The fourth-order valence-corrected chi connectivity index (χ4v) is 2.20. The second kappa shape index (κ2) is 5.29. The molecule has 0 unspecified atom stereocenters. The van der Waals surface area contributed by atoms with Gasteiger partial charge in [0.05, 0.1) is 29.7 Å². The third-order valence-corrected chi connectivity index (χ3v) is 3.50. The molecular weight excluding hydrogens is 226 g/mol. The van der Waals surface area contributed by atoms with E-state index in [1.807, 2.05) is 17.8 Å². The van der Waals surface area contributed by atoms with E-state index in [1.54, 1.807) is 6.07 Å². The molecule has 1 aromatic rings. The fourth-order valence-electron chi connectivity index (χ4n) is 1.24. The molecule has 1 aliphatic rings. The second-order valence-corrected chi connectivity index (χ2v) is 4.77. The standard InChI is InChI=1S/C10H13N3O2S/c11-13-10(14)7-1-2-8(12-3-7)6-16-9-4-15-5-9/h1-3,9H,4-6,11H2,(H,13,14). The van der Waals surface area contributed by atoms with Crippen LogP contribution in [-0.2, 0) is 10.5 Å². The molecule has 0 aromatic carbocycles. The van der Waals surface area contributed by atoms with E-state index in [0.29, 0.717) is 10.8 Å². The molecule has 1 saturated heterocycles. The van der Waals surface area contributed by atoms with Crippen LogP contribution in [0.25, 0.3) is 0 Å². The topological polar surface area (TPSA) is 77.2 Å². The Morgan fingerprint density at radius 1 is 1.62 bits per heavy atom. The van der Waals surface area contributed by atoms with Crippen molar-refractivity contribution in [2.75, 3.05) is 13.2 Å². The fraction of sp³-hybridized carbons (Fsp3) is 0.400. The van der Waals surface area contributed by atoms with Crippen LogP contribution in [0, 0.1) is 0 Å². The van der Waals surface area contributed by atoms with Gasteiger partial charge < -0.3 is 4.74 Å². The lowest BCUT2D eigenvalue weighted by atomic mass is 10.2. The van der Waals surface area contributed by atoms with Crippen LogP contribution in [0.5, 0.6) is 0 Å². The lowest BCUT2D eigenvalue weighted by Crippen LogP contribution is -2.30. The van der Waals surface area contributed by atoms with Gasteiger partial charge in [-0.1, -0.05) is 0 Å². The van der Waals surface area contributed by atoms with Crippen molar-refractivity contribution in [1.29, 1.82) is 0 Å². The van der Waals surface area contributed by atoms with E-state index in [9.17, 15) is 4.79 Å². The molecule has 1 aromatic heterocycles. The molecule has 0 aliphatic carbocycles. The molecule has 1 fully saturated rings. The number of thioether (sulfide) groups is 1. The molecule has 86 valence electrons. The number of aromatic nitrogens is 1. The first kappa shape index (κ1) is 11.4. The Labute approximate surface area is 97.7 Å². The largest absolute Gasteiger partial charge is 0.379 e. The number of pyridine rings is 1. The van der Waals surface area contributed by atoms with Crippen molar-refractivity contribution >= 4 is 17.7 Å². The summed E-state index contributed by atoms with van der Waals surface area (Å²) >= 11 is 1.82. The molecule has 3 N–H and O–H groups in total. The maximum atomic E-state index is 11.1. The maximum absolute atomic E-state index is 11.1. The van der Waals surface area contributed by atoms with Gasteiger partial charge in [-0.2, -0.15) is 0 Å². The SMILES string of the molecule is NNC(=O)c1ccc(CSC2COC2)nc1. The third-order valence-electron chi connectivity index (χ3n) is 2.29. The Morgan fingerprint density at radius 2 is 2.44 bits per heavy atom. The lowest BCUT2D eigenvalue weighted by molar-refractivity contribution is 0.0455. The van der Waals surface area contributed by atoms with E-state index in [1.165, 1.54) is 6.20 Å². The van der Waals surface area contributed by atoms with Gasteiger partial charge in [0.25, 0.3) is 5.91 Å². The normalized spacial score (nSPS) is 15.6. The van der Waals surface area contributed by atoms with E-state index >= 15 is 0 Å². The van der Waals surface area contributed by atoms with Crippen LogP contribution in [-0.4, -0.2) is 29.4 Å². The first-order chi connectivity index (χ1) is 7.79. The summed E-state index contributed by atoms with van der Waals surface area (Å²) in [6, 6.07) is 3.57. The van der Waals surface area contributed by atoms with Gasteiger partial charge in [0, 0.05) is 11.9 Å². The third kappa shape index (κ3) is 2.72. The quantitative estimate of drug-likeness (QED) is 0.449. The molecular formula is C10H13N3O2S. The van der Waals surface area contributed by atoms with E-state index in [4.69, 9.17) is 10.6 Å². The highest BCUT2D eigenvalue weighted by molar-refractivity contribution is 7.99. The number of carbonyl (C=O) groups excluding carboxylic acids is 1. The zero-order valence-corrected chi connectivity index (χ0v) is 9.50. The second-order valence-electron chi connectivity index (χ2n) is 3.48. The molecule has 16 heavy (non-hydrogen) atoms. The molecule has 0 bridgehead atoms. The first-order valence-electron chi connectivity index (χ1n) is 4.95. The molecule has 0 atom stereocenters. The number of hydrogen-bond acceptors (Lipinski definition) is 5. The molecule has 2 rings (SSSR count). The van der Waals surface area contributed by atoms with Crippen LogP contribution in [0.3, 0.4) is 0 Å². The van der Waals surface area contributed by atoms with Crippen LogP contribution < -0.4 is 11.3 Å². The van der Waals surface area contributed by atoms with Crippen molar-refractivity contribution in [2.45, 2.75) is 11.0 Å².